The van der Waals surface area contributed by atoms with Gasteiger partial charge in [-0.05, 0) is 19.8 Å². The minimum absolute atomic E-state index is 0.162. The molecule has 0 radical (unpaired) electrons. The highest BCUT2D eigenvalue weighted by Gasteiger charge is 2.31. The van der Waals surface area contributed by atoms with Gasteiger partial charge in [-0.3, -0.25) is 9.59 Å². The van der Waals surface area contributed by atoms with E-state index in [2.05, 4.69) is 0 Å². The van der Waals surface area contributed by atoms with Crippen LogP contribution in [0.2, 0.25) is 0 Å². The second-order valence-electron chi connectivity index (χ2n) is 3.63. The first-order valence-corrected chi connectivity index (χ1v) is 5.85. The molecule has 0 bridgehead atoms. The first kappa shape index (κ1) is 15.1. The largest absolute Gasteiger partial charge is 0.465 e. The summed E-state index contributed by atoms with van der Waals surface area (Å²) in [6.07, 6.45) is 1.38. The average molecular weight is 230 g/mol. The van der Waals surface area contributed by atoms with Crippen LogP contribution in [0.15, 0.2) is 0 Å². The summed E-state index contributed by atoms with van der Waals surface area (Å²) in [5.41, 5.74) is 0. The van der Waals surface area contributed by atoms with Crippen molar-refractivity contribution in [3.8, 4) is 0 Å². The lowest BCUT2D eigenvalue weighted by Crippen LogP contribution is -2.35. The van der Waals surface area contributed by atoms with E-state index in [4.69, 9.17) is 9.47 Å². The summed E-state index contributed by atoms with van der Waals surface area (Å²) in [6.45, 7) is 5.84. The highest BCUT2D eigenvalue weighted by Crippen LogP contribution is 2.15. The first-order chi connectivity index (χ1) is 7.62. The molecular weight excluding hydrogens is 208 g/mol. The molecule has 0 heterocycles. The maximum atomic E-state index is 12.0. The summed E-state index contributed by atoms with van der Waals surface area (Å²) in [5.74, 6) is -1.26. The highest BCUT2D eigenvalue weighted by atomic mass is 16.5. The standard InChI is InChI=1S/C12H22O4/c1-5-8-9(12(14)16-7-3)11(13)10(6-2)15-4/h9-10H,5-8H2,1-4H3. The molecule has 2 unspecified atom stereocenters. The van der Waals surface area contributed by atoms with Gasteiger partial charge >= 0.3 is 5.97 Å². The second kappa shape index (κ2) is 8.28. The lowest BCUT2D eigenvalue weighted by atomic mass is 9.94. The molecule has 0 aliphatic heterocycles. The van der Waals surface area contributed by atoms with E-state index >= 15 is 0 Å². The molecule has 0 aromatic rings. The van der Waals surface area contributed by atoms with Crippen molar-refractivity contribution in [2.45, 2.75) is 46.1 Å². The summed E-state index contributed by atoms with van der Waals surface area (Å²) in [7, 11) is 1.49. The number of hydrogen-bond donors (Lipinski definition) is 0. The summed E-state index contributed by atoms with van der Waals surface area (Å²) in [6, 6.07) is 0. The molecule has 0 rings (SSSR count). The molecule has 0 fully saturated rings. The quantitative estimate of drug-likeness (QED) is 0.472. The monoisotopic (exact) mass is 230 g/mol. The molecule has 0 aliphatic carbocycles. The number of hydrogen-bond acceptors (Lipinski definition) is 4. The molecule has 16 heavy (non-hydrogen) atoms. The van der Waals surface area contributed by atoms with Gasteiger partial charge in [-0.25, -0.2) is 0 Å². The first-order valence-electron chi connectivity index (χ1n) is 5.85. The van der Waals surface area contributed by atoms with Gasteiger partial charge in [0.15, 0.2) is 5.78 Å². The smallest absolute Gasteiger partial charge is 0.316 e. The average Bonchev–Trinajstić information content (AvgIpc) is 2.27. The molecule has 0 aromatic heterocycles. The zero-order valence-electron chi connectivity index (χ0n) is 10.6. The van der Waals surface area contributed by atoms with Crippen molar-refractivity contribution in [3.63, 3.8) is 0 Å². The Balaban J connectivity index is 4.62. The van der Waals surface area contributed by atoms with Gasteiger partial charge in [-0.15, -0.1) is 0 Å². The molecule has 94 valence electrons. The van der Waals surface area contributed by atoms with E-state index in [0.29, 0.717) is 19.4 Å². The fraction of sp³-hybridized carbons (Fsp3) is 0.833. The van der Waals surface area contributed by atoms with Gasteiger partial charge in [-0.1, -0.05) is 20.3 Å². The molecule has 2 atom stereocenters. The molecule has 0 aromatic carbocycles. The molecule has 4 nitrogen and oxygen atoms in total. The van der Waals surface area contributed by atoms with Crippen LogP contribution in [0.25, 0.3) is 0 Å². The number of carbonyl (C=O) groups excluding carboxylic acids is 2. The van der Waals surface area contributed by atoms with Crippen LogP contribution in [0.4, 0.5) is 0 Å². The van der Waals surface area contributed by atoms with Crippen molar-refractivity contribution in [2.75, 3.05) is 13.7 Å². The number of methoxy groups -OCH3 is 1. The summed E-state index contributed by atoms with van der Waals surface area (Å²) < 4.78 is 9.96. The van der Waals surface area contributed by atoms with E-state index in [1.165, 1.54) is 7.11 Å². The predicted octanol–water partition coefficient (Wildman–Crippen LogP) is 1.96. The van der Waals surface area contributed by atoms with Crippen molar-refractivity contribution in [3.05, 3.63) is 0 Å². The van der Waals surface area contributed by atoms with Crippen molar-refractivity contribution in [2.24, 2.45) is 5.92 Å². The second-order valence-corrected chi connectivity index (χ2v) is 3.63. The maximum absolute atomic E-state index is 12.0. The zero-order valence-corrected chi connectivity index (χ0v) is 10.6. The van der Waals surface area contributed by atoms with Crippen LogP contribution in [0.5, 0.6) is 0 Å². The van der Waals surface area contributed by atoms with Crippen LogP contribution in [-0.4, -0.2) is 31.6 Å². The maximum Gasteiger partial charge on any atom is 0.316 e. The SMILES string of the molecule is CCCC(C(=O)OCC)C(=O)C(CC)OC. The Labute approximate surface area is 97.3 Å². The molecule has 0 saturated heterocycles. The number of carbonyl (C=O) groups is 2. The molecule has 0 amide bonds. The Bertz CT molecular complexity index is 221. The van der Waals surface area contributed by atoms with Crippen molar-refractivity contribution in [1.82, 2.24) is 0 Å². The Kier molecular flexibility index (Phi) is 7.81. The molecule has 4 heteroatoms. The minimum atomic E-state index is -0.671. The number of esters is 1. The van der Waals surface area contributed by atoms with Gasteiger partial charge in [0, 0.05) is 7.11 Å². The van der Waals surface area contributed by atoms with Crippen molar-refractivity contribution in [1.29, 1.82) is 0 Å². The Morgan fingerprint density at radius 3 is 2.19 bits per heavy atom. The number of ketones is 1. The van der Waals surface area contributed by atoms with E-state index in [-0.39, 0.29) is 5.78 Å². The normalized spacial score (nSPS) is 14.2. The molecule has 0 aliphatic rings. The van der Waals surface area contributed by atoms with E-state index in [1.807, 2.05) is 13.8 Å². The highest BCUT2D eigenvalue weighted by molar-refractivity contribution is 6.01. The van der Waals surface area contributed by atoms with Crippen molar-refractivity contribution >= 4 is 11.8 Å². The van der Waals surface area contributed by atoms with Gasteiger partial charge in [-0.2, -0.15) is 0 Å². The zero-order chi connectivity index (χ0) is 12.6. The molecule has 0 spiro atoms. The fourth-order valence-corrected chi connectivity index (χ4v) is 1.62. The third-order valence-electron chi connectivity index (χ3n) is 2.46. The number of Topliss-reactive ketones (excluding diaryl/α,β-unsaturated/α-hetero) is 1. The third kappa shape index (κ3) is 4.31. The van der Waals surface area contributed by atoms with Crippen LogP contribution in [0.3, 0.4) is 0 Å². The lowest BCUT2D eigenvalue weighted by Gasteiger charge is -2.18. The summed E-state index contributed by atoms with van der Waals surface area (Å²) in [5, 5.41) is 0. The topological polar surface area (TPSA) is 52.6 Å². The third-order valence-corrected chi connectivity index (χ3v) is 2.46. The number of rotatable bonds is 8. The van der Waals surface area contributed by atoms with Crippen LogP contribution in [-0.2, 0) is 19.1 Å². The summed E-state index contributed by atoms with van der Waals surface area (Å²) in [4.78, 5) is 23.6. The number of ether oxygens (including phenoxy) is 2. The minimum Gasteiger partial charge on any atom is -0.465 e. The van der Waals surface area contributed by atoms with E-state index in [9.17, 15) is 9.59 Å². The van der Waals surface area contributed by atoms with Gasteiger partial charge in [0.1, 0.15) is 12.0 Å². The lowest BCUT2D eigenvalue weighted by molar-refractivity contribution is -0.154. The van der Waals surface area contributed by atoms with Gasteiger partial charge in [0.2, 0.25) is 0 Å². The van der Waals surface area contributed by atoms with E-state index < -0.39 is 18.0 Å². The molecular formula is C12H22O4. The van der Waals surface area contributed by atoms with Crippen LogP contribution < -0.4 is 0 Å². The Hall–Kier alpha value is -0.900. The fourth-order valence-electron chi connectivity index (χ4n) is 1.62. The van der Waals surface area contributed by atoms with Crippen molar-refractivity contribution < 1.29 is 19.1 Å². The Morgan fingerprint density at radius 2 is 1.81 bits per heavy atom. The molecule has 0 N–H and O–H groups in total. The molecule has 0 saturated carbocycles. The van der Waals surface area contributed by atoms with Crippen LogP contribution in [0, 0.1) is 5.92 Å². The van der Waals surface area contributed by atoms with Crippen LogP contribution in [0.1, 0.15) is 40.0 Å². The van der Waals surface area contributed by atoms with Gasteiger partial charge in [0.05, 0.1) is 6.61 Å². The van der Waals surface area contributed by atoms with Gasteiger partial charge < -0.3 is 9.47 Å². The van der Waals surface area contributed by atoms with Gasteiger partial charge in [0.25, 0.3) is 0 Å². The van der Waals surface area contributed by atoms with E-state index in [1.54, 1.807) is 6.92 Å². The van der Waals surface area contributed by atoms with E-state index in [0.717, 1.165) is 6.42 Å². The Morgan fingerprint density at radius 1 is 1.19 bits per heavy atom. The summed E-state index contributed by atoms with van der Waals surface area (Å²) >= 11 is 0. The predicted molar refractivity (Wildman–Crippen MR) is 61.1 cm³/mol. The van der Waals surface area contributed by atoms with Crippen LogP contribution >= 0.6 is 0 Å².